The van der Waals surface area contributed by atoms with E-state index in [1.807, 2.05) is 0 Å². The minimum absolute atomic E-state index is 1.05. The molecule has 0 saturated heterocycles. The van der Waals surface area contributed by atoms with Gasteiger partial charge in [-0.1, -0.05) is 144 Å². The molecular weight excluding hydrogens is 398 g/mol. The Morgan fingerprint density at radius 2 is 0.939 bits per heavy atom. The predicted molar refractivity (Wildman–Crippen MR) is 146 cm³/mol. The Hall–Kier alpha value is -1.86. The second-order valence-corrected chi connectivity index (χ2v) is 9.62. The maximum absolute atomic E-state index is 2.61. The van der Waals surface area contributed by atoms with Gasteiger partial charge in [0.15, 0.2) is 0 Å². The normalized spacial score (nSPS) is 11.6. The van der Waals surface area contributed by atoms with E-state index in [1.165, 1.54) is 108 Å². The minimum atomic E-state index is 1.05. The van der Waals surface area contributed by atoms with E-state index in [0.29, 0.717) is 0 Å². The average molecular weight is 448 g/mol. The monoisotopic (exact) mass is 447 g/mol. The van der Waals surface area contributed by atoms with Crippen LogP contribution >= 0.6 is 0 Å². The van der Waals surface area contributed by atoms with Gasteiger partial charge in [-0.15, -0.1) is 0 Å². The largest absolute Gasteiger partial charge is 0.295 e. The van der Waals surface area contributed by atoms with Crippen LogP contribution in [0.25, 0.3) is 0 Å². The van der Waals surface area contributed by atoms with Crippen LogP contribution in [-0.2, 0) is 13.1 Å². The van der Waals surface area contributed by atoms with Gasteiger partial charge >= 0.3 is 0 Å². The first-order valence-corrected chi connectivity index (χ1v) is 13.8. The van der Waals surface area contributed by atoms with Gasteiger partial charge in [-0.2, -0.15) is 0 Å². The molecule has 0 aromatic heterocycles. The summed E-state index contributed by atoms with van der Waals surface area (Å²) < 4.78 is 0. The highest BCUT2D eigenvalue weighted by atomic mass is 15.1. The highest BCUT2D eigenvalue weighted by Gasteiger charge is 2.07. The van der Waals surface area contributed by atoms with E-state index in [1.54, 1.807) is 0 Å². The average Bonchev–Trinajstić information content (AvgIpc) is 2.85. The number of hydrogen-bond donors (Lipinski definition) is 0. The molecule has 0 N–H and O–H groups in total. The molecular formula is C32H49N. The van der Waals surface area contributed by atoms with Crippen LogP contribution in [0, 0.1) is 0 Å². The van der Waals surface area contributed by atoms with E-state index in [4.69, 9.17) is 0 Å². The summed E-state index contributed by atoms with van der Waals surface area (Å²) in [5.74, 6) is 0. The second kappa shape index (κ2) is 19.6. The summed E-state index contributed by atoms with van der Waals surface area (Å²) >= 11 is 0. The van der Waals surface area contributed by atoms with E-state index in [2.05, 4.69) is 84.6 Å². The maximum atomic E-state index is 2.61. The van der Waals surface area contributed by atoms with Crippen LogP contribution in [0.2, 0.25) is 0 Å². The number of nitrogens with zero attached hydrogens (tertiary/aromatic N) is 1. The van der Waals surface area contributed by atoms with Gasteiger partial charge in [0.05, 0.1) is 0 Å². The number of rotatable bonds is 20. The molecule has 0 aliphatic heterocycles. The van der Waals surface area contributed by atoms with Crippen LogP contribution in [0.3, 0.4) is 0 Å². The highest BCUT2D eigenvalue weighted by Crippen LogP contribution is 2.14. The molecule has 0 aliphatic rings. The van der Waals surface area contributed by atoms with Crippen LogP contribution in [0.5, 0.6) is 0 Å². The van der Waals surface area contributed by atoms with Crippen molar-refractivity contribution in [2.45, 2.75) is 110 Å². The third-order valence-electron chi connectivity index (χ3n) is 6.48. The Bertz CT molecular complexity index is 649. The van der Waals surface area contributed by atoms with Crippen molar-refractivity contribution in [3.8, 4) is 0 Å². The Balaban J connectivity index is 1.49. The van der Waals surface area contributed by atoms with Crippen molar-refractivity contribution in [3.63, 3.8) is 0 Å². The van der Waals surface area contributed by atoms with Crippen LogP contribution in [0.4, 0.5) is 0 Å². The van der Waals surface area contributed by atoms with Gasteiger partial charge in [0.1, 0.15) is 0 Å². The molecule has 0 atom stereocenters. The van der Waals surface area contributed by atoms with E-state index in [9.17, 15) is 0 Å². The Morgan fingerprint density at radius 1 is 0.515 bits per heavy atom. The lowest BCUT2D eigenvalue weighted by molar-refractivity contribution is 0.250. The number of allylic oxidation sites excluding steroid dienone is 2. The van der Waals surface area contributed by atoms with Gasteiger partial charge in [-0.05, 0) is 43.4 Å². The number of hydrogen-bond acceptors (Lipinski definition) is 1. The van der Waals surface area contributed by atoms with Gasteiger partial charge < -0.3 is 0 Å². The van der Waals surface area contributed by atoms with Crippen molar-refractivity contribution < 1.29 is 0 Å². The predicted octanol–water partition coefficient (Wildman–Crippen LogP) is 9.73. The summed E-state index contributed by atoms with van der Waals surface area (Å²) in [5, 5.41) is 0. The molecule has 33 heavy (non-hydrogen) atoms. The van der Waals surface area contributed by atoms with Gasteiger partial charge in [0.25, 0.3) is 0 Å². The smallest absolute Gasteiger partial charge is 0.0237 e. The molecule has 2 rings (SSSR count). The van der Waals surface area contributed by atoms with E-state index in [0.717, 1.165) is 13.1 Å². The van der Waals surface area contributed by atoms with Crippen LogP contribution in [0.15, 0.2) is 72.8 Å². The van der Waals surface area contributed by atoms with E-state index >= 15 is 0 Å². The molecule has 0 saturated carbocycles. The zero-order valence-electron chi connectivity index (χ0n) is 21.4. The van der Waals surface area contributed by atoms with Crippen molar-refractivity contribution in [2.24, 2.45) is 0 Å². The first-order chi connectivity index (χ1) is 16.4. The maximum Gasteiger partial charge on any atom is 0.0237 e. The SMILES string of the molecule is CCCC/C=C/CCCCCCCCCCCCN(Cc1ccccc1)Cc1ccccc1. The van der Waals surface area contributed by atoms with E-state index in [-0.39, 0.29) is 0 Å². The Morgan fingerprint density at radius 3 is 1.42 bits per heavy atom. The number of unbranched alkanes of at least 4 members (excludes halogenated alkanes) is 12. The van der Waals surface area contributed by atoms with Crippen molar-refractivity contribution in [1.82, 2.24) is 4.90 Å². The van der Waals surface area contributed by atoms with E-state index < -0.39 is 0 Å². The first kappa shape index (κ1) is 27.4. The topological polar surface area (TPSA) is 3.24 Å². The fourth-order valence-corrected chi connectivity index (χ4v) is 4.47. The van der Waals surface area contributed by atoms with Crippen molar-refractivity contribution in [3.05, 3.63) is 83.9 Å². The molecule has 0 spiro atoms. The quantitative estimate of drug-likeness (QED) is 0.144. The molecule has 0 radical (unpaired) electrons. The third-order valence-corrected chi connectivity index (χ3v) is 6.48. The molecule has 0 unspecified atom stereocenters. The van der Waals surface area contributed by atoms with Crippen molar-refractivity contribution in [1.29, 1.82) is 0 Å². The molecule has 0 bridgehead atoms. The summed E-state index contributed by atoms with van der Waals surface area (Å²) in [6.07, 6.45) is 24.0. The number of benzene rings is 2. The van der Waals surface area contributed by atoms with Gasteiger partial charge in [-0.25, -0.2) is 0 Å². The molecule has 0 aliphatic carbocycles. The fraction of sp³-hybridized carbons (Fsp3) is 0.562. The summed E-state index contributed by atoms with van der Waals surface area (Å²) in [7, 11) is 0. The lowest BCUT2D eigenvalue weighted by Gasteiger charge is -2.22. The lowest BCUT2D eigenvalue weighted by Crippen LogP contribution is -2.24. The second-order valence-electron chi connectivity index (χ2n) is 9.62. The van der Waals surface area contributed by atoms with Gasteiger partial charge in [0, 0.05) is 13.1 Å². The molecule has 0 amide bonds. The summed E-state index contributed by atoms with van der Waals surface area (Å²) in [6, 6.07) is 21.8. The zero-order chi connectivity index (χ0) is 23.2. The molecule has 2 aromatic carbocycles. The molecule has 1 heteroatoms. The molecule has 182 valence electrons. The zero-order valence-corrected chi connectivity index (χ0v) is 21.4. The Kier molecular flexibility index (Phi) is 16.3. The molecule has 2 aromatic rings. The lowest BCUT2D eigenvalue weighted by atomic mass is 10.1. The summed E-state index contributed by atoms with van der Waals surface area (Å²) in [5.41, 5.74) is 2.84. The van der Waals surface area contributed by atoms with Crippen LogP contribution < -0.4 is 0 Å². The van der Waals surface area contributed by atoms with Crippen LogP contribution in [0.1, 0.15) is 108 Å². The first-order valence-electron chi connectivity index (χ1n) is 13.8. The van der Waals surface area contributed by atoms with Gasteiger partial charge in [0.2, 0.25) is 0 Å². The minimum Gasteiger partial charge on any atom is -0.295 e. The van der Waals surface area contributed by atoms with Crippen LogP contribution in [-0.4, -0.2) is 11.4 Å². The summed E-state index contributed by atoms with van der Waals surface area (Å²) in [4.78, 5) is 2.61. The van der Waals surface area contributed by atoms with Crippen molar-refractivity contribution >= 4 is 0 Å². The van der Waals surface area contributed by atoms with Gasteiger partial charge in [-0.3, -0.25) is 4.90 Å². The molecule has 1 nitrogen and oxygen atoms in total. The highest BCUT2D eigenvalue weighted by molar-refractivity contribution is 5.17. The Labute approximate surface area is 205 Å². The third kappa shape index (κ3) is 14.8. The summed E-state index contributed by atoms with van der Waals surface area (Å²) in [6.45, 7) is 5.55. The van der Waals surface area contributed by atoms with Crippen molar-refractivity contribution in [2.75, 3.05) is 6.54 Å². The standard InChI is InChI=1S/C32H49N/c1-2-3-4-5-6-7-8-9-10-11-12-13-14-15-16-23-28-33(29-31-24-19-17-20-25-31)30-32-26-21-18-22-27-32/h5-6,17-22,24-27H,2-4,7-16,23,28-30H2,1H3/b6-5+. The molecule has 0 heterocycles. The fourth-order valence-electron chi connectivity index (χ4n) is 4.47. The molecule has 0 fully saturated rings.